The van der Waals surface area contributed by atoms with Crippen molar-refractivity contribution >= 4 is 16.9 Å². The molecule has 1 saturated carbocycles. The number of hydrogen-bond acceptors (Lipinski definition) is 4. The minimum absolute atomic E-state index is 0.178. The molecule has 0 aliphatic heterocycles. The predicted molar refractivity (Wildman–Crippen MR) is 105 cm³/mol. The molecule has 0 atom stereocenters. The molecule has 3 aromatic rings. The lowest BCUT2D eigenvalue weighted by atomic mass is 9.89. The summed E-state index contributed by atoms with van der Waals surface area (Å²) in [5.74, 6) is -0.819. The fourth-order valence-corrected chi connectivity index (χ4v) is 3.89. The van der Waals surface area contributed by atoms with Crippen molar-refractivity contribution in [1.29, 1.82) is 0 Å². The molecular formula is C21H23FN4O2. The van der Waals surface area contributed by atoms with E-state index in [0.717, 1.165) is 18.5 Å². The quantitative estimate of drug-likeness (QED) is 0.634. The number of H-pyrrole nitrogens is 1. The molecule has 2 heterocycles. The van der Waals surface area contributed by atoms with E-state index in [1.54, 1.807) is 12.1 Å². The molecule has 0 spiro atoms. The monoisotopic (exact) mass is 382 g/mol. The van der Waals surface area contributed by atoms with Crippen LogP contribution in [0.2, 0.25) is 0 Å². The number of rotatable bonds is 4. The molecular weight excluding hydrogens is 359 g/mol. The number of nitrogens with zero attached hydrogens (tertiary/aromatic N) is 2. The molecule has 1 amide bonds. The van der Waals surface area contributed by atoms with Gasteiger partial charge in [-0.25, -0.2) is 9.37 Å². The van der Waals surface area contributed by atoms with E-state index >= 15 is 0 Å². The molecule has 146 valence electrons. The Balaban J connectivity index is 1.68. The van der Waals surface area contributed by atoms with Gasteiger partial charge in [0, 0.05) is 17.8 Å². The van der Waals surface area contributed by atoms with Gasteiger partial charge in [0.2, 0.25) is 0 Å². The number of carbonyl (C=O) groups excluding carboxylic acids is 1. The van der Waals surface area contributed by atoms with Gasteiger partial charge in [0.25, 0.3) is 5.91 Å². The highest BCUT2D eigenvalue weighted by Crippen LogP contribution is 2.28. The van der Waals surface area contributed by atoms with Crippen LogP contribution in [0.1, 0.15) is 48.2 Å². The molecule has 0 bridgehead atoms. The summed E-state index contributed by atoms with van der Waals surface area (Å²) in [5.41, 5.74) is 2.54. The minimum atomic E-state index is -0.735. The van der Waals surface area contributed by atoms with E-state index in [9.17, 15) is 14.3 Å². The number of halogens is 1. The third kappa shape index (κ3) is 3.56. The zero-order valence-corrected chi connectivity index (χ0v) is 15.8. The first-order chi connectivity index (χ1) is 13.5. The number of pyridine rings is 1. The van der Waals surface area contributed by atoms with Crippen LogP contribution in [0.25, 0.3) is 22.3 Å². The number of aryl methyl sites for hydroxylation is 1. The van der Waals surface area contributed by atoms with Crippen LogP contribution in [0, 0.1) is 18.7 Å². The van der Waals surface area contributed by atoms with Gasteiger partial charge in [-0.15, -0.1) is 0 Å². The summed E-state index contributed by atoms with van der Waals surface area (Å²) in [7, 11) is 0. The Hall–Kier alpha value is -2.96. The topological polar surface area (TPSA) is 90.9 Å². The number of fused-ring (bicyclic) bond motifs is 1. The Morgan fingerprint density at radius 3 is 2.82 bits per heavy atom. The fraction of sp³-hybridized carbons (Fsp3) is 0.381. The maximum atomic E-state index is 13.8. The van der Waals surface area contributed by atoms with E-state index in [2.05, 4.69) is 20.5 Å². The molecule has 0 radical (unpaired) electrons. The average molecular weight is 382 g/mol. The molecule has 1 aromatic carbocycles. The van der Waals surface area contributed by atoms with Gasteiger partial charge >= 0.3 is 0 Å². The summed E-state index contributed by atoms with van der Waals surface area (Å²) in [4.78, 5) is 17.4. The SMILES string of the molecule is Cc1[nH]nc2nc(-c3ccc(O)c(F)c3)cc(C(=O)NCC3CCCCC3)c12. The first-order valence-electron chi connectivity index (χ1n) is 9.65. The average Bonchev–Trinajstić information content (AvgIpc) is 3.09. The lowest BCUT2D eigenvalue weighted by Gasteiger charge is -2.21. The molecule has 3 N–H and O–H groups in total. The van der Waals surface area contributed by atoms with Crippen molar-refractivity contribution in [2.24, 2.45) is 5.92 Å². The van der Waals surface area contributed by atoms with Crippen molar-refractivity contribution in [3.05, 3.63) is 41.3 Å². The maximum absolute atomic E-state index is 13.8. The van der Waals surface area contributed by atoms with Gasteiger partial charge in [-0.05, 0) is 49.9 Å². The number of nitrogens with one attached hydrogen (secondary N) is 2. The number of amides is 1. The van der Waals surface area contributed by atoms with Crippen LogP contribution < -0.4 is 5.32 Å². The molecule has 4 rings (SSSR count). The van der Waals surface area contributed by atoms with Crippen LogP contribution in [0.15, 0.2) is 24.3 Å². The summed E-state index contributed by atoms with van der Waals surface area (Å²) < 4.78 is 13.8. The standard InChI is InChI=1S/C21H23FN4O2/c1-12-19-15(21(28)23-11-13-5-3-2-4-6-13)10-17(24-20(19)26-25-12)14-7-8-18(27)16(22)9-14/h7-10,13,27H,2-6,11H2,1H3,(H,23,28)(H,24,25,26). The van der Waals surface area contributed by atoms with E-state index in [1.807, 2.05) is 6.92 Å². The van der Waals surface area contributed by atoms with Crippen LogP contribution in [-0.2, 0) is 0 Å². The minimum Gasteiger partial charge on any atom is -0.505 e. The second kappa shape index (κ2) is 7.58. The van der Waals surface area contributed by atoms with Crippen molar-refractivity contribution in [3.8, 4) is 17.0 Å². The van der Waals surface area contributed by atoms with Crippen molar-refractivity contribution in [3.63, 3.8) is 0 Å². The third-order valence-electron chi connectivity index (χ3n) is 5.47. The third-order valence-corrected chi connectivity index (χ3v) is 5.47. The Labute approximate surface area is 162 Å². The Kier molecular flexibility index (Phi) is 4.98. The van der Waals surface area contributed by atoms with E-state index in [1.165, 1.54) is 31.4 Å². The van der Waals surface area contributed by atoms with Crippen LogP contribution >= 0.6 is 0 Å². The van der Waals surface area contributed by atoms with E-state index < -0.39 is 11.6 Å². The highest BCUT2D eigenvalue weighted by Gasteiger charge is 2.20. The lowest BCUT2D eigenvalue weighted by Crippen LogP contribution is -2.30. The van der Waals surface area contributed by atoms with Crippen LogP contribution in [0.4, 0.5) is 4.39 Å². The van der Waals surface area contributed by atoms with Gasteiger partial charge in [-0.3, -0.25) is 9.89 Å². The molecule has 2 aromatic heterocycles. The van der Waals surface area contributed by atoms with Gasteiger partial charge in [-0.1, -0.05) is 19.3 Å². The Morgan fingerprint density at radius 1 is 1.29 bits per heavy atom. The van der Waals surface area contributed by atoms with Gasteiger partial charge in [0.15, 0.2) is 17.2 Å². The van der Waals surface area contributed by atoms with Crippen molar-refractivity contribution in [2.45, 2.75) is 39.0 Å². The molecule has 7 heteroatoms. The van der Waals surface area contributed by atoms with Crippen molar-refractivity contribution in [1.82, 2.24) is 20.5 Å². The molecule has 1 aliphatic rings. The zero-order chi connectivity index (χ0) is 19.7. The molecule has 6 nitrogen and oxygen atoms in total. The number of aromatic nitrogens is 3. The van der Waals surface area contributed by atoms with Crippen LogP contribution in [0.5, 0.6) is 5.75 Å². The highest BCUT2D eigenvalue weighted by molar-refractivity contribution is 6.07. The summed E-state index contributed by atoms with van der Waals surface area (Å²) in [6.45, 7) is 2.50. The zero-order valence-electron chi connectivity index (χ0n) is 15.8. The number of hydrogen-bond donors (Lipinski definition) is 3. The van der Waals surface area contributed by atoms with E-state index in [0.29, 0.717) is 40.3 Å². The molecule has 0 saturated heterocycles. The second-order valence-corrected chi connectivity index (χ2v) is 7.48. The number of carbonyl (C=O) groups is 1. The maximum Gasteiger partial charge on any atom is 0.252 e. The first kappa shape index (κ1) is 18.4. The molecule has 0 unspecified atom stereocenters. The number of aromatic hydroxyl groups is 1. The Morgan fingerprint density at radius 2 is 2.07 bits per heavy atom. The number of benzene rings is 1. The van der Waals surface area contributed by atoms with E-state index in [4.69, 9.17) is 0 Å². The summed E-state index contributed by atoms with van der Waals surface area (Å²) in [6, 6.07) is 5.70. The lowest BCUT2D eigenvalue weighted by molar-refractivity contribution is 0.0945. The van der Waals surface area contributed by atoms with Crippen molar-refractivity contribution < 1.29 is 14.3 Å². The first-order valence-corrected chi connectivity index (χ1v) is 9.65. The van der Waals surface area contributed by atoms with Crippen LogP contribution in [0.3, 0.4) is 0 Å². The van der Waals surface area contributed by atoms with Crippen molar-refractivity contribution in [2.75, 3.05) is 6.54 Å². The highest BCUT2D eigenvalue weighted by atomic mass is 19.1. The number of phenolic OH excluding ortho intramolecular Hbond substituents is 1. The summed E-state index contributed by atoms with van der Waals surface area (Å²) in [5, 5.41) is 20.2. The molecule has 1 fully saturated rings. The largest absolute Gasteiger partial charge is 0.505 e. The van der Waals surface area contributed by atoms with Gasteiger partial charge in [0.05, 0.1) is 16.6 Å². The van der Waals surface area contributed by atoms with Gasteiger partial charge in [-0.2, -0.15) is 5.10 Å². The van der Waals surface area contributed by atoms with E-state index in [-0.39, 0.29) is 5.91 Å². The fourth-order valence-electron chi connectivity index (χ4n) is 3.89. The predicted octanol–water partition coefficient (Wildman–Crippen LogP) is 4.09. The second-order valence-electron chi connectivity index (χ2n) is 7.48. The van der Waals surface area contributed by atoms with Crippen LogP contribution in [-0.4, -0.2) is 32.7 Å². The smallest absolute Gasteiger partial charge is 0.252 e. The molecule has 1 aliphatic carbocycles. The molecule has 28 heavy (non-hydrogen) atoms. The summed E-state index contributed by atoms with van der Waals surface area (Å²) >= 11 is 0. The number of aromatic amines is 1. The normalized spacial score (nSPS) is 15.1. The summed E-state index contributed by atoms with van der Waals surface area (Å²) in [6.07, 6.45) is 6.01. The van der Waals surface area contributed by atoms with Gasteiger partial charge in [0.1, 0.15) is 0 Å². The van der Waals surface area contributed by atoms with Gasteiger partial charge < -0.3 is 10.4 Å². The number of phenols is 1. The Bertz CT molecular complexity index is 1020.